The summed E-state index contributed by atoms with van der Waals surface area (Å²) in [6, 6.07) is 7.71. The Morgan fingerprint density at radius 3 is 1.81 bits per heavy atom. The molecule has 8 nitrogen and oxygen atoms in total. The number of alkyl halides is 3. The van der Waals surface area contributed by atoms with E-state index >= 15 is 0 Å². The van der Waals surface area contributed by atoms with Crippen LogP contribution in [0.25, 0.3) is 0 Å². The molecule has 0 unspecified atom stereocenters. The van der Waals surface area contributed by atoms with Gasteiger partial charge in [-0.1, -0.05) is 6.07 Å². The Hall–Kier alpha value is -2.35. The second kappa shape index (κ2) is 8.21. The van der Waals surface area contributed by atoms with Gasteiger partial charge < -0.3 is 9.47 Å². The lowest BCUT2D eigenvalue weighted by molar-refractivity contribution is -0.137. The van der Waals surface area contributed by atoms with E-state index < -0.39 is 36.7 Å². The summed E-state index contributed by atoms with van der Waals surface area (Å²) >= 11 is 0. The van der Waals surface area contributed by atoms with Crippen LogP contribution in [0.4, 0.5) is 13.2 Å². The predicted molar refractivity (Wildman–Crippen MR) is 106 cm³/mol. The first-order valence-electron chi connectivity index (χ1n) is 9.57. The zero-order valence-corrected chi connectivity index (χ0v) is 18.2. The Kier molecular flexibility index (Phi) is 5.86. The van der Waals surface area contributed by atoms with Crippen molar-refractivity contribution in [1.82, 2.24) is 8.61 Å². The second-order valence-corrected chi connectivity index (χ2v) is 11.0. The standard InChI is InChI=1S/C19H19F3N2O6S2/c20-19(21,22)14-2-1-3-15(12-14)31(25,26)23-6-8-24(9-7-23)32(27,28)16-4-5-17-18(13-16)30-11-10-29-17/h1-5,12-13H,6-11H2. The van der Waals surface area contributed by atoms with E-state index in [2.05, 4.69) is 0 Å². The summed E-state index contributed by atoms with van der Waals surface area (Å²) in [6.45, 7) is -0.0152. The monoisotopic (exact) mass is 492 g/mol. The van der Waals surface area contributed by atoms with Gasteiger partial charge in [0.25, 0.3) is 0 Å². The van der Waals surface area contributed by atoms with Crippen molar-refractivity contribution in [3.63, 3.8) is 0 Å². The Labute approximate surface area is 183 Å². The van der Waals surface area contributed by atoms with Crippen molar-refractivity contribution in [3.05, 3.63) is 48.0 Å². The number of piperazine rings is 1. The van der Waals surface area contributed by atoms with Crippen molar-refractivity contribution >= 4 is 20.0 Å². The molecule has 2 aliphatic heterocycles. The number of rotatable bonds is 4. The van der Waals surface area contributed by atoms with Crippen molar-refractivity contribution in [3.8, 4) is 11.5 Å². The molecule has 0 radical (unpaired) electrons. The predicted octanol–water partition coefficient (Wildman–Crippen LogP) is 2.17. The van der Waals surface area contributed by atoms with Gasteiger partial charge in [0.2, 0.25) is 20.0 Å². The SMILES string of the molecule is O=S(=O)(c1cccc(C(F)(F)F)c1)N1CCN(S(=O)(=O)c2ccc3c(c2)OCCO3)CC1. The third kappa shape index (κ3) is 4.29. The molecule has 0 spiro atoms. The maximum absolute atomic E-state index is 13.0. The zero-order valence-electron chi connectivity index (χ0n) is 16.6. The summed E-state index contributed by atoms with van der Waals surface area (Å²) < 4.78 is 103. The van der Waals surface area contributed by atoms with Crippen LogP contribution in [0, 0.1) is 0 Å². The number of ether oxygens (including phenoxy) is 2. The van der Waals surface area contributed by atoms with E-state index in [0.717, 1.165) is 26.8 Å². The number of hydrogen-bond donors (Lipinski definition) is 0. The number of sulfonamides is 2. The highest BCUT2D eigenvalue weighted by molar-refractivity contribution is 7.89. The molecular weight excluding hydrogens is 473 g/mol. The quantitative estimate of drug-likeness (QED) is 0.650. The number of halogens is 3. The number of nitrogens with zero attached hydrogens (tertiary/aromatic N) is 2. The fraction of sp³-hybridized carbons (Fsp3) is 0.368. The summed E-state index contributed by atoms with van der Waals surface area (Å²) in [5.41, 5.74) is -1.07. The Morgan fingerprint density at radius 2 is 1.25 bits per heavy atom. The summed E-state index contributed by atoms with van der Waals surface area (Å²) in [5, 5.41) is 0. The maximum Gasteiger partial charge on any atom is 0.416 e. The fourth-order valence-electron chi connectivity index (χ4n) is 3.47. The van der Waals surface area contributed by atoms with E-state index in [-0.39, 0.29) is 31.1 Å². The molecule has 2 aliphatic rings. The summed E-state index contributed by atoms with van der Waals surface area (Å²) in [6.07, 6.45) is -4.68. The van der Waals surface area contributed by atoms with Crippen molar-refractivity contribution in [2.24, 2.45) is 0 Å². The summed E-state index contributed by atoms with van der Waals surface area (Å²) in [4.78, 5) is -0.508. The lowest BCUT2D eigenvalue weighted by Crippen LogP contribution is -2.50. The van der Waals surface area contributed by atoms with Gasteiger partial charge >= 0.3 is 6.18 Å². The van der Waals surface area contributed by atoms with Crippen molar-refractivity contribution in [2.45, 2.75) is 16.0 Å². The first-order chi connectivity index (χ1) is 15.0. The smallest absolute Gasteiger partial charge is 0.416 e. The van der Waals surface area contributed by atoms with Gasteiger partial charge in [-0.15, -0.1) is 0 Å². The Balaban J connectivity index is 1.50. The zero-order chi connectivity index (χ0) is 23.1. The normalized spacial score (nSPS) is 18.5. The first-order valence-corrected chi connectivity index (χ1v) is 12.4. The van der Waals surface area contributed by atoms with Gasteiger partial charge in [0.15, 0.2) is 11.5 Å². The Bertz CT molecular complexity index is 1220. The van der Waals surface area contributed by atoms with E-state index in [1.54, 1.807) is 0 Å². The topological polar surface area (TPSA) is 93.2 Å². The average molecular weight is 492 g/mol. The minimum atomic E-state index is -4.68. The molecule has 0 aromatic heterocycles. The highest BCUT2D eigenvalue weighted by atomic mass is 32.2. The molecule has 13 heteroatoms. The first kappa shape index (κ1) is 22.8. The van der Waals surface area contributed by atoms with E-state index in [9.17, 15) is 30.0 Å². The van der Waals surface area contributed by atoms with Crippen LogP contribution >= 0.6 is 0 Å². The largest absolute Gasteiger partial charge is 0.486 e. The van der Waals surface area contributed by atoms with E-state index in [1.807, 2.05) is 0 Å². The minimum Gasteiger partial charge on any atom is -0.486 e. The molecule has 1 saturated heterocycles. The number of fused-ring (bicyclic) bond motifs is 1. The third-order valence-electron chi connectivity index (χ3n) is 5.15. The van der Waals surface area contributed by atoms with Crippen molar-refractivity contribution in [2.75, 3.05) is 39.4 Å². The molecular formula is C19H19F3N2O6S2. The molecule has 0 amide bonds. The van der Waals surface area contributed by atoms with Gasteiger partial charge in [-0.05, 0) is 30.3 Å². The van der Waals surface area contributed by atoms with Crippen LogP contribution in [0.15, 0.2) is 52.3 Å². The van der Waals surface area contributed by atoms with Crippen LogP contribution < -0.4 is 9.47 Å². The second-order valence-electron chi connectivity index (χ2n) is 7.14. The summed E-state index contributed by atoms with van der Waals surface area (Å²) in [7, 11) is -8.14. The van der Waals surface area contributed by atoms with Crippen LogP contribution in [0.3, 0.4) is 0 Å². The number of hydrogen-bond acceptors (Lipinski definition) is 6. The van der Waals surface area contributed by atoms with Gasteiger partial charge in [0, 0.05) is 32.2 Å². The van der Waals surface area contributed by atoms with Gasteiger partial charge in [-0.25, -0.2) is 16.8 Å². The highest BCUT2D eigenvalue weighted by Crippen LogP contribution is 2.34. The van der Waals surface area contributed by atoms with Gasteiger partial charge in [-0.2, -0.15) is 21.8 Å². The Morgan fingerprint density at radius 1 is 0.719 bits per heavy atom. The molecule has 0 bridgehead atoms. The molecule has 2 aromatic rings. The lowest BCUT2D eigenvalue weighted by atomic mass is 10.2. The van der Waals surface area contributed by atoms with Crippen LogP contribution in [-0.2, 0) is 26.2 Å². The molecule has 4 rings (SSSR count). The summed E-state index contributed by atoms with van der Waals surface area (Å²) in [5.74, 6) is 0.746. The molecule has 0 N–H and O–H groups in total. The molecule has 2 aromatic carbocycles. The lowest BCUT2D eigenvalue weighted by Gasteiger charge is -2.33. The highest BCUT2D eigenvalue weighted by Gasteiger charge is 2.36. The van der Waals surface area contributed by atoms with Gasteiger partial charge in [-0.3, -0.25) is 0 Å². The van der Waals surface area contributed by atoms with E-state index in [1.165, 1.54) is 18.2 Å². The maximum atomic E-state index is 13.0. The minimum absolute atomic E-state index is 0.0177. The molecule has 0 atom stereocenters. The van der Waals surface area contributed by atoms with Crippen LogP contribution in [-0.4, -0.2) is 64.8 Å². The average Bonchev–Trinajstić information content (AvgIpc) is 2.78. The third-order valence-corrected chi connectivity index (χ3v) is 8.94. The number of benzene rings is 2. The van der Waals surface area contributed by atoms with E-state index in [4.69, 9.17) is 9.47 Å². The van der Waals surface area contributed by atoms with E-state index in [0.29, 0.717) is 30.8 Å². The molecule has 0 aliphatic carbocycles. The van der Waals surface area contributed by atoms with Crippen LogP contribution in [0.5, 0.6) is 11.5 Å². The van der Waals surface area contributed by atoms with Crippen molar-refractivity contribution < 1.29 is 39.5 Å². The van der Waals surface area contributed by atoms with Gasteiger partial charge in [0.05, 0.1) is 15.4 Å². The van der Waals surface area contributed by atoms with Crippen molar-refractivity contribution in [1.29, 1.82) is 0 Å². The molecule has 2 heterocycles. The molecule has 1 fully saturated rings. The molecule has 0 saturated carbocycles. The van der Waals surface area contributed by atoms with Crippen LogP contribution in [0.2, 0.25) is 0 Å². The van der Waals surface area contributed by atoms with Gasteiger partial charge in [0.1, 0.15) is 13.2 Å². The molecule has 174 valence electrons. The molecule has 32 heavy (non-hydrogen) atoms. The van der Waals surface area contributed by atoms with Crippen LogP contribution in [0.1, 0.15) is 5.56 Å². The fourth-order valence-corrected chi connectivity index (χ4v) is 6.37.